The third-order valence-electron chi connectivity index (χ3n) is 3.65. The van der Waals surface area contributed by atoms with Crippen LogP contribution in [0.1, 0.15) is 45.4 Å². The van der Waals surface area contributed by atoms with Crippen molar-refractivity contribution in [2.24, 2.45) is 0 Å². The quantitative estimate of drug-likeness (QED) is 0.585. The maximum atomic E-state index is 9.22. The molecule has 88 valence electrons. The van der Waals surface area contributed by atoms with Crippen molar-refractivity contribution in [3.8, 4) is 6.07 Å². The third-order valence-corrected chi connectivity index (χ3v) is 3.65. The lowest BCUT2D eigenvalue weighted by Crippen LogP contribution is -2.21. The van der Waals surface area contributed by atoms with Gasteiger partial charge in [-0.25, -0.2) is 0 Å². The van der Waals surface area contributed by atoms with Crippen LogP contribution in [0.15, 0.2) is 11.6 Å². The van der Waals surface area contributed by atoms with Crippen LogP contribution in [-0.2, 0) is 4.74 Å². The molecular weight excluding hydrogens is 202 g/mol. The average Bonchev–Trinajstić information content (AvgIpc) is 2.93. The molecule has 0 aromatic rings. The van der Waals surface area contributed by atoms with Crippen LogP contribution in [-0.4, -0.2) is 22.9 Å². The second kappa shape index (κ2) is 4.57. The fraction of sp³-hybridized carbons (Fsp3) is 0.769. The molecule has 0 radical (unpaired) electrons. The van der Waals surface area contributed by atoms with Crippen LogP contribution in [0.4, 0.5) is 0 Å². The summed E-state index contributed by atoms with van der Waals surface area (Å²) in [6, 6.07) is 2.10. The van der Waals surface area contributed by atoms with E-state index in [1.54, 1.807) is 6.08 Å². The SMILES string of the molecule is CC(O)CCCC12CCC/C(=C/C#N)C1O2. The van der Waals surface area contributed by atoms with Crippen molar-refractivity contribution in [2.75, 3.05) is 0 Å². The van der Waals surface area contributed by atoms with E-state index in [1.165, 1.54) is 5.57 Å². The summed E-state index contributed by atoms with van der Waals surface area (Å²) in [7, 11) is 0. The number of hydrogen-bond donors (Lipinski definition) is 1. The number of aliphatic hydroxyl groups excluding tert-OH is 1. The second-order valence-electron chi connectivity index (χ2n) is 5.01. The number of nitrogens with zero attached hydrogens (tertiary/aromatic N) is 1. The Hall–Kier alpha value is -0.850. The summed E-state index contributed by atoms with van der Waals surface area (Å²) in [6.45, 7) is 1.82. The summed E-state index contributed by atoms with van der Waals surface area (Å²) in [4.78, 5) is 0. The van der Waals surface area contributed by atoms with E-state index in [2.05, 4.69) is 6.07 Å². The minimum absolute atomic E-state index is 0.0236. The first kappa shape index (κ1) is 11.6. The first-order valence-corrected chi connectivity index (χ1v) is 6.12. The Morgan fingerprint density at radius 1 is 1.75 bits per heavy atom. The molecule has 1 aliphatic carbocycles. The maximum absolute atomic E-state index is 9.22. The Morgan fingerprint density at radius 2 is 2.56 bits per heavy atom. The first-order valence-electron chi connectivity index (χ1n) is 6.12. The van der Waals surface area contributed by atoms with Crippen molar-refractivity contribution < 1.29 is 9.84 Å². The highest BCUT2D eigenvalue weighted by molar-refractivity contribution is 5.30. The Kier molecular flexibility index (Phi) is 3.32. The molecule has 3 heteroatoms. The zero-order valence-corrected chi connectivity index (χ0v) is 9.78. The van der Waals surface area contributed by atoms with Crippen LogP contribution in [0.2, 0.25) is 0 Å². The predicted molar refractivity (Wildman–Crippen MR) is 60.7 cm³/mol. The monoisotopic (exact) mass is 221 g/mol. The van der Waals surface area contributed by atoms with E-state index in [0.717, 1.165) is 38.5 Å². The van der Waals surface area contributed by atoms with Gasteiger partial charge in [0, 0.05) is 6.08 Å². The summed E-state index contributed by atoms with van der Waals surface area (Å²) in [5.74, 6) is 0. The summed E-state index contributed by atoms with van der Waals surface area (Å²) in [6.07, 6.45) is 7.76. The Morgan fingerprint density at radius 3 is 3.25 bits per heavy atom. The van der Waals surface area contributed by atoms with E-state index < -0.39 is 0 Å². The number of ether oxygens (including phenoxy) is 1. The zero-order chi connectivity index (χ0) is 11.6. The van der Waals surface area contributed by atoms with E-state index in [4.69, 9.17) is 10.00 Å². The molecule has 1 heterocycles. The lowest BCUT2D eigenvalue weighted by Gasteiger charge is -2.18. The molecule has 1 saturated carbocycles. The average molecular weight is 221 g/mol. The number of fused-ring (bicyclic) bond motifs is 1. The minimum Gasteiger partial charge on any atom is -0.393 e. The molecule has 0 aromatic heterocycles. The van der Waals surface area contributed by atoms with Gasteiger partial charge in [0.05, 0.1) is 17.8 Å². The predicted octanol–water partition coefficient (Wildman–Crippen LogP) is 2.31. The Bertz CT molecular complexity index is 329. The molecule has 0 spiro atoms. The van der Waals surface area contributed by atoms with Gasteiger partial charge in [-0.05, 0) is 51.0 Å². The number of epoxide rings is 1. The molecule has 2 fully saturated rings. The third kappa shape index (κ3) is 2.28. The molecule has 3 atom stereocenters. The van der Waals surface area contributed by atoms with Crippen LogP contribution in [0.3, 0.4) is 0 Å². The molecule has 0 aromatic carbocycles. The molecule has 1 aliphatic heterocycles. The highest BCUT2D eigenvalue weighted by Gasteiger charge is 2.58. The topological polar surface area (TPSA) is 56.5 Å². The number of hydrogen-bond acceptors (Lipinski definition) is 3. The van der Waals surface area contributed by atoms with Gasteiger partial charge in [0.1, 0.15) is 6.10 Å². The van der Waals surface area contributed by atoms with Gasteiger partial charge < -0.3 is 9.84 Å². The molecule has 3 nitrogen and oxygen atoms in total. The zero-order valence-electron chi connectivity index (χ0n) is 9.78. The molecule has 1 saturated heterocycles. The van der Waals surface area contributed by atoms with Gasteiger partial charge in [-0.2, -0.15) is 5.26 Å². The highest BCUT2D eigenvalue weighted by Crippen LogP contribution is 2.53. The summed E-state index contributed by atoms with van der Waals surface area (Å²) >= 11 is 0. The van der Waals surface area contributed by atoms with Crippen molar-refractivity contribution in [3.05, 3.63) is 11.6 Å². The van der Waals surface area contributed by atoms with Crippen LogP contribution < -0.4 is 0 Å². The summed E-state index contributed by atoms with van der Waals surface area (Å²) < 4.78 is 5.81. The molecule has 0 amide bonds. The summed E-state index contributed by atoms with van der Waals surface area (Å²) in [5, 5.41) is 17.9. The fourth-order valence-corrected chi connectivity index (χ4v) is 2.77. The van der Waals surface area contributed by atoms with E-state index in [0.29, 0.717) is 0 Å². The van der Waals surface area contributed by atoms with Crippen molar-refractivity contribution in [1.29, 1.82) is 5.26 Å². The van der Waals surface area contributed by atoms with Crippen molar-refractivity contribution in [1.82, 2.24) is 0 Å². The number of aliphatic hydroxyl groups is 1. The fourth-order valence-electron chi connectivity index (χ4n) is 2.77. The van der Waals surface area contributed by atoms with Gasteiger partial charge in [-0.3, -0.25) is 0 Å². The molecule has 0 bridgehead atoms. The molecule has 16 heavy (non-hydrogen) atoms. The van der Waals surface area contributed by atoms with Gasteiger partial charge >= 0.3 is 0 Å². The van der Waals surface area contributed by atoms with E-state index in [9.17, 15) is 5.11 Å². The van der Waals surface area contributed by atoms with E-state index in [1.807, 2.05) is 6.92 Å². The van der Waals surface area contributed by atoms with Gasteiger partial charge in [0.15, 0.2) is 0 Å². The smallest absolute Gasteiger partial charge is 0.109 e. The Labute approximate surface area is 96.7 Å². The molecule has 3 unspecified atom stereocenters. The van der Waals surface area contributed by atoms with E-state index >= 15 is 0 Å². The maximum Gasteiger partial charge on any atom is 0.109 e. The Balaban J connectivity index is 1.87. The lowest BCUT2D eigenvalue weighted by molar-refractivity contribution is 0.172. The molecule has 2 rings (SSSR count). The van der Waals surface area contributed by atoms with E-state index in [-0.39, 0.29) is 17.8 Å². The first-order chi connectivity index (χ1) is 7.68. The largest absolute Gasteiger partial charge is 0.393 e. The van der Waals surface area contributed by atoms with Crippen LogP contribution in [0, 0.1) is 11.3 Å². The van der Waals surface area contributed by atoms with Gasteiger partial charge in [0.2, 0.25) is 0 Å². The lowest BCUT2D eigenvalue weighted by atomic mass is 9.82. The number of rotatable bonds is 4. The molecule has 1 N–H and O–H groups in total. The van der Waals surface area contributed by atoms with Gasteiger partial charge in [0.25, 0.3) is 0 Å². The van der Waals surface area contributed by atoms with Crippen molar-refractivity contribution in [3.63, 3.8) is 0 Å². The second-order valence-corrected chi connectivity index (χ2v) is 5.01. The van der Waals surface area contributed by atoms with Gasteiger partial charge in [-0.1, -0.05) is 0 Å². The van der Waals surface area contributed by atoms with Crippen molar-refractivity contribution in [2.45, 2.75) is 63.3 Å². The summed E-state index contributed by atoms with van der Waals surface area (Å²) in [5.41, 5.74) is 1.20. The number of allylic oxidation sites excluding steroid dienone is 1. The highest BCUT2D eigenvalue weighted by atomic mass is 16.6. The van der Waals surface area contributed by atoms with Crippen LogP contribution in [0.5, 0.6) is 0 Å². The number of nitriles is 1. The van der Waals surface area contributed by atoms with Crippen LogP contribution in [0.25, 0.3) is 0 Å². The normalized spacial score (nSPS) is 36.6. The standard InChI is InChI=1S/C13H19NO2/c1-10(15)4-2-7-13-8-3-5-11(6-9-14)12(13)16-13/h6,10,12,15H,2-5,7-8H2,1H3/b11-6-. The molecule has 2 aliphatic rings. The van der Waals surface area contributed by atoms with Crippen LogP contribution >= 0.6 is 0 Å². The minimum atomic E-state index is -0.216. The molecular formula is C13H19NO2. The van der Waals surface area contributed by atoms with Gasteiger partial charge in [-0.15, -0.1) is 0 Å². The van der Waals surface area contributed by atoms with Crippen molar-refractivity contribution >= 4 is 0 Å².